The monoisotopic (exact) mass is 387 g/mol. The normalized spacial score (nSPS) is 11.8. The molecule has 0 aliphatic rings. The molecule has 0 bridgehead atoms. The maximum atomic E-state index is 14.0. The van der Waals surface area contributed by atoms with E-state index in [0.717, 1.165) is 18.9 Å². The third-order valence-electron chi connectivity index (χ3n) is 3.29. The summed E-state index contributed by atoms with van der Waals surface area (Å²) in [5, 5.41) is 11.4. The number of anilines is 1. The van der Waals surface area contributed by atoms with Crippen molar-refractivity contribution in [3.05, 3.63) is 35.1 Å². The summed E-state index contributed by atoms with van der Waals surface area (Å²) in [7, 11) is 0. The quantitative estimate of drug-likeness (QED) is 0.581. The summed E-state index contributed by atoms with van der Waals surface area (Å²) in [6.07, 6.45) is -0.879. The number of hydrogen-bond acceptors (Lipinski definition) is 4. The summed E-state index contributed by atoms with van der Waals surface area (Å²) in [6.45, 7) is 9.12. The molecular formula is C18H23ClFNO5. The van der Waals surface area contributed by atoms with Crippen molar-refractivity contribution in [1.29, 1.82) is 0 Å². The van der Waals surface area contributed by atoms with Crippen LogP contribution in [0, 0.1) is 5.82 Å². The van der Waals surface area contributed by atoms with E-state index in [2.05, 4.69) is 11.9 Å². The minimum atomic E-state index is -1.51. The highest BCUT2D eigenvalue weighted by atomic mass is 35.5. The third kappa shape index (κ3) is 6.55. The predicted octanol–water partition coefficient (Wildman–Crippen LogP) is 5.01. The number of hydrogen-bond donors (Lipinski definition) is 2. The van der Waals surface area contributed by atoms with Gasteiger partial charge in [0.15, 0.2) is 0 Å². The van der Waals surface area contributed by atoms with Crippen molar-refractivity contribution in [2.24, 2.45) is 0 Å². The third-order valence-corrected chi connectivity index (χ3v) is 3.59. The van der Waals surface area contributed by atoms with Crippen LogP contribution in [0.1, 0.15) is 40.0 Å². The van der Waals surface area contributed by atoms with Gasteiger partial charge >= 0.3 is 12.1 Å². The highest BCUT2D eigenvalue weighted by Gasteiger charge is 2.25. The van der Waals surface area contributed by atoms with Gasteiger partial charge in [0.1, 0.15) is 11.6 Å². The Labute approximate surface area is 156 Å². The molecule has 0 radical (unpaired) electrons. The van der Waals surface area contributed by atoms with E-state index in [9.17, 15) is 19.1 Å². The highest BCUT2D eigenvalue weighted by molar-refractivity contribution is 6.32. The molecule has 0 heterocycles. The van der Waals surface area contributed by atoms with E-state index in [1.54, 1.807) is 13.8 Å². The number of carbonyl (C=O) groups is 2. The molecular weight excluding hydrogens is 365 g/mol. The Kier molecular flexibility index (Phi) is 8.38. The lowest BCUT2D eigenvalue weighted by atomic mass is 10.1. The number of carbonyl (C=O) groups excluding carboxylic acids is 1. The van der Waals surface area contributed by atoms with Gasteiger partial charge in [-0.2, -0.15) is 0 Å². The van der Waals surface area contributed by atoms with Crippen molar-refractivity contribution in [1.82, 2.24) is 0 Å². The molecule has 1 amide bonds. The number of unbranched alkanes of at least 4 members (excludes halogenated alkanes) is 1. The van der Waals surface area contributed by atoms with Crippen molar-refractivity contribution >= 4 is 29.4 Å². The molecule has 8 heteroatoms. The Morgan fingerprint density at radius 2 is 2.04 bits per heavy atom. The second-order valence-electron chi connectivity index (χ2n) is 5.94. The fourth-order valence-electron chi connectivity index (χ4n) is 2.06. The van der Waals surface area contributed by atoms with Crippen molar-refractivity contribution < 1.29 is 28.6 Å². The molecule has 0 fully saturated rings. The van der Waals surface area contributed by atoms with Gasteiger partial charge in [0.05, 0.1) is 16.8 Å². The number of ether oxygens (including phenoxy) is 2. The lowest BCUT2D eigenvalue weighted by molar-refractivity contribution is -0.144. The number of amides is 1. The molecule has 0 saturated heterocycles. The van der Waals surface area contributed by atoms with Crippen LogP contribution in [0.4, 0.5) is 14.9 Å². The zero-order chi connectivity index (χ0) is 19.9. The van der Waals surface area contributed by atoms with Gasteiger partial charge in [0.2, 0.25) is 6.10 Å². The summed E-state index contributed by atoms with van der Waals surface area (Å²) in [4.78, 5) is 23.3. The molecule has 144 valence electrons. The molecule has 1 aromatic rings. The molecule has 1 unspecified atom stereocenters. The van der Waals surface area contributed by atoms with Gasteiger partial charge in [-0.1, -0.05) is 31.5 Å². The summed E-state index contributed by atoms with van der Waals surface area (Å²) in [6, 6.07) is 2.20. The first-order chi connectivity index (χ1) is 12.1. The van der Waals surface area contributed by atoms with Gasteiger partial charge in [-0.05, 0) is 38.3 Å². The zero-order valence-corrected chi connectivity index (χ0v) is 15.7. The van der Waals surface area contributed by atoms with Gasteiger partial charge in [0.25, 0.3) is 0 Å². The van der Waals surface area contributed by atoms with E-state index in [0.29, 0.717) is 6.42 Å². The molecule has 1 atom stereocenters. The Morgan fingerprint density at radius 1 is 1.38 bits per heavy atom. The standard InChI is InChI=1S/C18H23ClFNO5/c1-5-6-7-11(4)16(17(22)23)26-18(24)21-14-9-15(25-10(2)3)12(19)8-13(14)20/h8-10,16H,4-7H2,1-3H3,(H,21,24)(H,22,23). The Balaban J connectivity index is 2.88. The van der Waals surface area contributed by atoms with Crippen molar-refractivity contribution in [2.45, 2.75) is 52.2 Å². The lowest BCUT2D eigenvalue weighted by Gasteiger charge is -2.17. The van der Waals surface area contributed by atoms with Crippen LogP contribution < -0.4 is 10.1 Å². The molecule has 6 nitrogen and oxygen atoms in total. The molecule has 0 aromatic heterocycles. The topological polar surface area (TPSA) is 84.9 Å². The summed E-state index contributed by atoms with van der Waals surface area (Å²) < 4.78 is 24.3. The average Bonchev–Trinajstić information content (AvgIpc) is 2.54. The number of benzene rings is 1. The van der Waals surface area contributed by atoms with Crippen LogP contribution in [0.3, 0.4) is 0 Å². The molecule has 2 N–H and O–H groups in total. The van der Waals surface area contributed by atoms with E-state index in [4.69, 9.17) is 21.1 Å². The van der Waals surface area contributed by atoms with Crippen LogP contribution in [-0.2, 0) is 9.53 Å². The second kappa shape index (κ2) is 10.0. The van der Waals surface area contributed by atoms with E-state index >= 15 is 0 Å². The number of aliphatic carboxylic acids is 1. The minimum Gasteiger partial charge on any atom is -0.489 e. The first-order valence-corrected chi connectivity index (χ1v) is 8.57. The summed E-state index contributed by atoms with van der Waals surface area (Å²) in [5.74, 6) is -1.97. The Hall–Kier alpha value is -2.28. The number of carboxylic acid groups (broad SMARTS) is 1. The fourth-order valence-corrected chi connectivity index (χ4v) is 2.25. The number of nitrogens with one attached hydrogen (secondary N) is 1. The molecule has 26 heavy (non-hydrogen) atoms. The van der Waals surface area contributed by atoms with Gasteiger partial charge in [-0.25, -0.2) is 14.0 Å². The van der Waals surface area contributed by atoms with E-state index in [1.165, 1.54) is 6.07 Å². The summed E-state index contributed by atoms with van der Waals surface area (Å²) >= 11 is 5.90. The number of halogens is 2. The van der Waals surface area contributed by atoms with Gasteiger partial charge in [0, 0.05) is 6.07 Å². The van der Waals surface area contributed by atoms with Crippen molar-refractivity contribution in [3.8, 4) is 5.75 Å². The first-order valence-electron chi connectivity index (χ1n) is 8.19. The SMILES string of the molecule is C=C(CCCC)C(OC(=O)Nc1cc(OC(C)C)c(Cl)cc1F)C(=O)O. The smallest absolute Gasteiger partial charge is 0.412 e. The van der Waals surface area contributed by atoms with E-state index in [-0.39, 0.29) is 28.1 Å². The fraction of sp³-hybridized carbons (Fsp3) is 0.444. The maximum absolute atomic E-state index is 14.0. The predicted molar refractivity (Wildman–Crippen MR) is 97.4 cm³/mol. The van der Waals surface area contributed by atoms with Gasteiger partial charge in [-0.15, -0.1) is 0 Å². The Morgan fingerprint density at radius 3 is 2.58 bits per heavy atom. The molecule has 1 rings (SSSR count). The summed E-state index contributed by atoms with van der Waals surface area (Å²) in [5.41, 5.74) is 0.0215. The minimum absolute atomic E-state index is 0.0477. The van der Waals surface area contributed by atoms with Crippen molar-refractivity contribution in [3.63, 3.8) is 0 Å². The molecule has 0 aliphatic heterocycles. The van der Waals surface area contributed by atoms with Crippen LogP contribution in [0.15, 0.2) is 24.3 Å². The van der Waals surface area contributed by atoms with Crippen LogP contribution in [0.5, 0.6) is 5.75 Å². The highest BCUT2D eigenvalue weighted by Crippen LogP contribution is 2.31. The first kappa shape index (κ1) is 21.8. The van der Waals surface area contributed by atoms with E-state index < -0.39 is 24.0 Å². The molecule has 1 aromatic carbocycles. The maximum Gasteiger partial charge on any atom is 0.412 e. The second-order valence-corrected chi connectivity index (χ2v) is 6.35. The van der Waals surface area contributed by atoms with Gasteiger partial charge in [-0.3, -0.25) is 5.32 Å². The number of carboxylic acids is 1. The Bertz CT molecular complexity index is 678. The van der Waals surface area contributed by atoms with E-state index in [1.807, 2.05) is 6.92 Å². The zero-order valence-electron chi connectivity index (χ0n) is 15.0. The lowest BCUT2D eigenvalue weighted by Crippen LogP contribution is -2.31. The van der Waals surface area contributed by atoms with Crippen LogP contribution in [0.25, 0.3) is 0 Å². The molecule has 0 aliphatic carbocycles. The molecule has 0 saturated carbocycles. The average molecular weight is 388 g/mol. The van der Waals surface area contributed by atoms with Crippen molar-refractivity contribution in [2.75, 3.05) is 5.32 Å². The molecule has 0 spiro atoms. The van der Waals surface area contributed by atoms with Gasteiger partial charge < -0.3 is 14.6 Å². The van der Waals surface area contributed by atoms with Crippen LogP contribution in [-0.4, -0.2) is 29.4 Å². The van der Waals surface area contributed by atoms with Crippen LogP contribution >= 0.6 is 11.6 Å². The van der Waals surface area contributed by atoms with Crippen LogP contribution in [0.2, 0.25) is 5.02 Å². The largest absolute Gasteiger partial charge is 0.489 e. The number of rotatable bonds is 9.